The number of nitrogens with zero attached hydrogens (tertiary/aromatic N) is 4. The van der Waals surface area contributed by atoms with Crippen LogP contribution in [-0.2, 0) is 25.6 Å². The molecular weight excluding hydrogens is 535 g/mol. The second kappa shape index (κ2) is 10.1. The van der Waals surface area contributed by atoms with Crippen LogP contribution in [0.4, 0.5) is 18.9 Å². The molecule has 0 radical (unpaired) electrons. The van der Waals surface area contributed by atoms with Crippen LogP contribution in [0.2, 0.25) is 0 Å². The van der Waals surface area contributed by atoms with Crippen molar-refractivity contribution in [2.24, 2.45) is 0 Å². The summed E-state index contributed by atoms with van der Waals surface area (Å²) in [6.07, 6.45) is -3.65. The maximum atomic E-state index is 13.5. The molecule has 2 aromatic heterocycles. The largest absolute Gasteiger partial charge is 0.433 e. The summed E-state index contributed by atoms with van der Waals surface area (Å²) in [7, 11) is 0. The normalized spacial score (nSPS) is 11.5. The molecule has 0 aliphatic carbocycles. The molecule has 0 aliphatic rings. The number of hydrogen-bond donors (Lipinski definition) is 1. The van der Waals surface area contributed by atoms with Gasteiger partial charge in [-0.15, -0.1) is 0 Å². The van der Waals surface area contributed by atoms with Crippen LogP contribution in [0, 0.1) is 11.3 Å². The van der Waals surface area contributed by atoms with Crippen molar-refractivity contribution in [3.05, 3.63) is 86.8 Å². The highest BCUT2D eigenvalue weighted by Gasteiger charge is 2.34. The highest BCUT2D eigenvalue weighted by Crippen LogP contribution is 2.33. The van der Waals surface area contributed by atoms with Gasteiger partial charge in [-0.25, -0.2) is 4.98 Å². The second-order valence-electron chi connectivity index (χ2n) is 8.11. The molecule has 0 spiro atoms. The SMILES string of the molecule is CCc1nn(Cc2ccc(C#N)cc2)c(CC)c1NC(=O)c1cc(C(F)(F)F)nc2ccc(Br)cc12. The first-order chi connectivity index (χ1) is 17.1. The van der Waals surface area contributed by atoms with Gasteiger partial charge in [0.2, 0.25) is 0 Å². The Labute approximate surface area is 213 Å². The lowest BCUT2D eigenvalue weighted by molar-refractivity contribution is -0.140. The maximum Gasteiger partial charge on any atom is 0.433 e. The van der Waals surface area contributed by atoms with Crippen molar-refractivity contribution in [2.45, 2.75) is 39.4 Å². The summed E-state index contributed by atoms with van der Waals surface area (Å²) in [6.45, 7) is 4.23. The third-order valence-electron chi connectivity index (χ3n) is 5.76. The minimum atomic E-state index is -4.70. The Morgan fingerprint density at radius 3 is 2.44 bits per heavy atom. The van der Waals surface area contributed by atoms with Crippen LogP contribution in [0.15, 0.2) is 53.0 Å². The molecular formula is C26H21BrF3N5O. The van der Waals surface area contributed by atoms with E-state index >= 15 is 0 Å². The van der Waals surface area contributed by atoms with Crippen molar-refractivity contribution in [1.29, 1.82) is 5.26 Å². The van der Waals surface area contributed by atoms with Crippen LogP contribution < -0.4 is 5.32 Å². The van der Waals surface area contributed by atoms with Gasteiger partial charge in [0, 0.05) is 9.86 Å². The first kappa shape index (κ1) is 25.4. The minimum Gasteiger partial charge on any atom is -0.319 e. The Morgan fingerprint density at radius 1 is 1.11 bits per heavy atom. The van der Waals surface area contributed by atoms with Gasteiger partial charge in [-0.2, -0.15) is 23.5 Å². The van der Waals surface area contributed by atoms with E-state index < -0.39 is 17.8 Å². The van der Waals surface area contributed by atoms with Gasteiger partial charge >= 0.3 is 6.18 Å². The summed E-state index contributed by atoms with van der Waals surface area (Å²) in [5.74, 6) is -0.673. The van der Waals surface area contributed by atoms with E-state index in [1.807, 2.05) is 26.0 Å². The number of halogens is 4. The number of carbonyl (C=O) groups excluding carboxylic acids is 1. The lowest BCUT2D eigenvalue weighted by Crippen LogP contribution is -2.17. The van der Waals surface area contributed by atoms with Gasteiger partial charge in [0.1, 0.15) is 5.69 Å². The highest BCUT2D eigenvalue weighted by molar-refractivity contribution is 9.10. The quantitative estimate of drug-likeness (QED) is 0.294. The number of fused-ring (bicyclic) bond motifs is 1. The molecule has 1 amide bonds. The predicted molar refractivity (Wildman–Crippen MR) is 134 cm³/mol. The summed E-state index contributed by atoms with van der Waals surface area (Å²) in [4.78, 5) is 17.1. The fourth-order valence-electron chi connectivity index (χ4n) is 4.00. The molecule has 0 saturated carbocycles. The number of amides is 1. The van der Waals surface area contributed by atoms with E-state index in [-0.39, 0.29) is 11.1 Å². The van der Waals surface area contributed by atoms with Crippen molar-refractivity contribution in [3.63, 3.8) is 0 Å². The summed E-state index contributed by atoms with van der Waals surface area (Å²) in [5.41, 5.74) is 2.15. The third-order valence-corrected chi connectivity index (χ3v) is 6.25. The summed E-state index contributed by atoms with van der Waals surface area (Å²) in [5, 5.41) is 16.8. The van der Waals surface area contributed by atoms with Crippen LogP contribution in [0.1, 0.15) is 52.4 Å². The maximum absolute atomic E-state index is 13.5. The van der Waals surface area contributed by atoms with Gasteiger partial charge in [0.15, 0.2) is 0 Å². The Morgan fingerprint density at radius 2 is 1.83 bits per heavy atom. The van der Waals surface area contributed by atoms with E-state index in [2.05, 4.69) is 37.4 Å². The van der Waals surface area contributed by atoms with Crippen LogP contribution in [0.3, 0.4) is 0 Å². The van der Waals surface area contributed by atoms with E-state index in [9.17, 15) is 18.0 Å². The lowest BCUT2D eigenvalue weighted by Gasteiger charge is -2.13. The van der Waals surface area contributed by atoms with Crippen LogP contribution in [0.25, 0.3) is 10.9 Å². The predicted octanol–water partition coefficient (Wildman–Crippen LogP) is 6.51. The first-order valence-electron chi connectivity index (χ1n) is 11.2. The van der Waals surface area contributed by atoms with Gasteiger partial charge in [-0.1, -0.05) is 41.9 Å². The first-order valence-corrected chi connectivity index (χ1v) is 12.0. The van der Waals surface area contributed by atoms with Gasteiger partial charge in [0.05, 0.1) is 46.3 Å². The molecule has 1 N–H and O–H groups in total. The van der Waals surface area contributed by atoms with Gasteiger partial charge in [-0.05, 0) is 54.8 Å². The van der Waals surface area contributed by atoms with E-state index in [0.29, 0.717) is 46.2 Å². The molecule has 2 aromatic carbocycles. The van der Waals surface area contributed by atoms with Crippen LogP contribution >= 0.6 is 15.9 Å². The molecule has 4 rings (SSSR count). The molecule has 0 bridgehead atoms. The molecule has 0 unspecified atom stereocenters. The fraction of sp³-hybridized carbons (Fsp3) is 0.231. The number of pyridine rings is 1. The van der Waals surface area contributed by atoms with Crippen LogP contribution in [-0.4, -0.2) is 20.7 Å². The molecule has 36 heavy (non-hydrogen) atoms. The number of carbonyl (C=O) groups is 1. The zero-order chi connectivity index (χ0) is 26.0. The van der Waals surface area contributed by atoms with Crippen molar-refractivity contribution in [3.8, 4) is 6.07 Å². The molecule has 6 nitrogen and oxygen atoms in total. The van der Waals surface area contributed by atoms with Gasteiger partial charge in [-0.3, -0.25) is 9.48 Å². The number of alkyl halides is 3. The molecule has 4 aromatic rings. The number of aryl methyl sites for hydroxylation is 1. The van der Waals surface area contributed by atoms with Gasteiger partial charge < -0.3 is 5.32 Å². The average molecular weight is 556 g/mol. The van der Waals surface area contributed by atoms with E-state index in [4.69, 9.17) is 5.26 Å². The molecule has 184 valence electrons. The molecule has 0 aliphatic heterocycles. The minimum absolute atomic E-state index is 0.0705. The Kier molecular flexibility index (Phi) is 7.13. The van der Waals surface area contributed by atoms with Crippen molar-refractivity contribution >= 4 is 38.4 Å². The zero-order valence-corrected chi connectivity index (χ0v) is 21.0. The van der Waals surface area contributed by atoms with Crippen molar-refractivity contribution < 1.29 is 18.0 Å². The molecule has 10 heteroatoms. The number of anilines is 1. The standard InChI is InChI=1S/C26H21BrF3N5O/c1-3-20-24(22(4-2)35(34-20)14-16-7-5-15(13-31)6-8-16)33-25(36)19-12-23(26(28,29)30)32-21-10-9-17(27)11-18(19)21/h5-12H,3-4,14H2,1-2H3,(H,33,36). The molecule has 2 heterocycles. The van der Waals surface area contributed by atoms with E-state index in [0.717, 1.165) is 17.3 Å². The van der Waals surface area contributed by atoms with Gasteiger partial charge in [0.25, 0.3) is 5.91 Å². The summed E-state index contributed by atoms with van der Waals surface area (Å²) in [6, 6.07) is 14.6. The number of rotatable bonds is 6. The molecule has 0 atom stereocenters. The summed E-state index contributed by atoms with van der Waals surface area (Å²) < 4.78 is 43.0. The third kappa shape index (κ3) is 5.11. The average Bonchev–Trinajstić information content (AvgIpc) is 3.18. The smallest absolute Gasteiger partial charge is 0.319 e. The second-order valence-corrected chi connectivity index (χ2v) is 9.03. The number of hydrogen-bond acceptors (Lipinski definition) is 4. The number of aromatic nitrogens is 3. The van der Waals surface area contributed by atoms with Crippen LogP contribution in [0.5, 0.6) is 0 Å². The number of nitrogens with one attached hydrogen (secondary N) is 1. The lowest BCUT2D eigenvalue weighted by atomic mass is 10.1. The Balaban J connectivity index is 1.75. The van der Waals surface area contributed by atoms with Crippen molar-refractivity contribution in [2.75, 3.05) is 5.32 Å². The Bertz CT molecular complexity index is 1490. The molecule has 0 fully saturated rings. The molecule has 0 saturated heterocycles. The number of nitriles is 1. The topological polar surface area (TPSA) is 83.6 Å². The van der Waals surface area contributed by atoms with Crippen molar-refractivity contribution in [1.82, 2.24) is 14.8 Å². The highest BCUT2D eigenvalue weighted by atomic mass is 79.9. The number of benzene rings is 2. The van der Waals surface area contributed by atoms with E-state index in [1.54, 1.807) is 28.9 Å². The van der Waals surface area contributed by atoms with E-state index in [1.165, 1.54) is 6.07 Å². The zero-order valence-electron chi connectivity index (χ0n) is 19.4. The Hall–Kier alpha value is -3.71. The summed E-state index contributed by atoms with van der Waals surface area (Å²) >= 11 is 3.32. The fourth-order valence-corrected chi connectivity index (χ4v) is 4.36. The monoisotopic (exact) mass is 555 g/mol.